The maximum atomic E-state index is 4.28. The lowest BCUT2D eigenvalue weighted by Crippen LogP contribution is -2.10. The largest absolute Gasteiger partial charge is 0.370 e. The molecule has 3 nitrogen and oxygen atoms in total. The number of anilines is 3. The van der Waals surface area contributed by atoms with E-state index in [1.54, 1.807) is 0 Å². The summed E-state index contributed by atoms with van der Waals surface area (Å²) in [6, 6.07) is 12.5. The Labute approximate surface area is 108 Å². The molecular formula is C15H19N3. The molecule has 1 aromatic heterocycles. The standard InChI is InChI=1S/C15H19N3/c1-4-16-15-11-14(8-9-17-15)18(3)13-7-5-6-12(2)10-13/h5-11H,4H2,1-3H3,(H,16,17). The van der Waals surface area contributed by atoms with Gasteiger partial charge in [0.25, 0.3) is 0 Å². The van der Waals surface area contributed by atoms with Crippen LogP contribution < -0.4 is 10.2 Å². The van der Waals surface area contributed by atoms with Gasteiger partial charge in [-0.05, 0) is 37.6 Å². The van der Waals surface area contributed by atoms with Crippen molar-refractivity contribution < 1.29 is 0 Å². The Kier molecular flexibility index (Phi) is 3.82. The number of nitrogens with zero attached hydrogens (tertiary/aromatic N) is 2. The number of nitrogens with one attached hydrogen (secondary N) is 1. The smallest absolute Gasteiger partial charge is 0.127 e. The van der Waals surface area contributed by atoms with Crippen molar-refractivity contribution in [2.75, 3.05) is 23.8 Å². The molecule has 1 N–H and O–H groups in total. The molecule has 0 atom stereocenters. The summed E-state index contributed by atoms with van der Waals surface area (Å²) in [6.45, 7) is 5.05. The van der Waals surface area contributed by atoms with Gasteiger partial charge in [0, 0.05) is 37.2 Å². The maximum absolute atomic E-state index is 4.28. The number of hydrogen-bond acceptors (Lipinski definition) is 3. The fourth-order valence-electron chi connectivity index (χ4n) is 1.89. The van der Waals surface area contributed by atoms with E-state index in [1.807, 2.05) is 12.3 Å². The molecule has 2 aromatic rings. The van der Waals surface area contributed by atoms with Crippen molar-refractivity contribution in [1.82, 2.24) is 4.98 Å². The summed E-state index contributed by atoms with van der Waals surface area (Å²) in [6.07, 6.45) is 1.83. The van der Waals surface area contributed by atoms with E-state index >= 15 is 0 Å². The summed E-state index contributed by atoms with van der Waals surface area (Å²) in [7, 11) is 2.07. The van der Waals surface area contributed by atoms with E-state index in [9.17, 15) is 0 Å². The molecule has 0 fully saturated rings. The average Bonchev–Trinajstić information content (AvgIpc) is 2.39. The second-order valence-corrected chi connectivity index (χ2v) is 4.33. The molecule has 2 rings (SSSR count). The van der Waals surface area contributed by atoms with E-state index in [-0.39, 0.29) is 0 Å². The van der Waals surface area contributed by atoms with Gasteiger partial charge in [-0.15, -0.1) is 0 Å². The van der Waals surface area contributed by atoms with Crippen molar-refractivity contribution in [2.24, 2.45) is 0 Å². The molecule has 0 aliphatic heterocycles. The Morgan fingerprint density at radius 2 is 1.94 bits per heavy atom. The number of pyridine rings is 1. The third kappa shape index (κ3) is 2.80. The Morgan fingerprint density at radius 3 is 2.67 bits per heavy atom. The van der Waals surface area contributed by atoms with E-state index in [0.29, 0.717) is 0 Å². The molecule has 0 radical (unpaired) electrons. The highest BCUT2D eigenvalue weighted by molar-refractivity contribution is 5.65. The van der Waals surface area contributed by atoms with Crippen LogP contribution in [-0.2, 0) is 0 Å². The predicted molar refractivity (Wildman–Crippen MR) is 77.6 cm³/mol. The summed E-state index contributed by atoms with van der Waals surface area (Å²) < 4.78 is 0. The highest BCUT2D eigenvalue weighted by Gasteiger charge is 2.05. The van der Waals surface area contributed by atoms with E-state index in [2.05, 4.69) is 66.4 Å². The molecule has 0 amide bonds. The molecule has 94 valence electrons. The van der Waals surface area contributed by atoms with Gasteiger partial charge in [-0.3, -0.25) is 0 Å². The first-order chi connectivity index (χ1) is 8.70. The quantitative estimate of drug-likeness (QED) is 0.886. The minimum Gasteiger partial charge on any atom is -0.370 e. The first kappa shape index (κ1) is 12.4. The molecule has 1 heterocycles. The third-order valence-electron chi connectivity index (χ3n) is 2.88. The van der Waals surface area contributed by atoms with Crippen molar-refractivity contribution >= 4 is 17.2 Å². The monoisotopic (exact) mass is 241 g/mol. The topological polar surface area (TPSA) is 28.2 Å². The van der Waals surface area contributed by atoms with Gasteiger partial charge in [-0.25, -0.2) is 4.98 Å². The number of aromatic nitrogens is 1. The third-order valence-corrected chi connectivity index (χ3v) is 2.88. The van der Waals surface area contributed by atoms with Crippen molar-refractivity contribution in [1.29, 1.82) is 0 Å². The van der Waals surface area contributed by atoms with Gasteiger partial charge in [-0.1, -0.05) is 12.1 Å². The Bertz CT molecular complexity index is 523. The number of benzene rings is 1. The average molecular weight is 241 g/mol. The minimum atomic E-state index is 0.880. The van der Waals surface area contributed by atoms with E-state index in [4.69, 9.17) is 0 Å². The van der Waals surface area contributed by atoms with E-state index < -0.39 is 0 Å². The lowest BCUT2D eigenvalue weighted by Gasteiger charge is -2.20. The Balaban J connectivity index is 2.27. The zero-order chi connectivity index (χ0) is 13.0. The van der Waals surface area contributed by atoms with Crippen LogP contribution in [0.4, 0.5) is 17.2 Å². The predicted octanol–water partition coefficient (Wildman–Crippen LogP) is 3.59. The van der Waals surface area contributed by atoms with Crippen LogP contribution in [0.3, 0.4) is 0 Å². The molecular weight excluding hydrogens is 222 g/mol. The molecule has 0 unspecified atom stereocenters. The van der Waals surface area contributed by atoms with Gasteiger partial charge >= 0.3 is 0 Å². The van der Waals surface area contributed by atoms with Crippen LogP contribution in [-0.4, -0.2) is 18.6 Å². The van der Waals surface area contributed by atoms with Crippen molar-refractivity contribution in [3.63, 3.8) is 0 Å². The molecule has 3 heteroatoms. The summed E-state index contributed by atoms with van der Waals surface area (Å²) in [5.41, 5.74) is 3.58. The van der Waals surface area contributed by atoms with Gasteiger partial charge in [-0.2, -0.15) is 0 Å². The molecule has 0 aliphatic carbocycles. The van der Waals surface area contributed by atoms with Crippen LogP contribution in [0, 0.1) is 6.92 Å². The van der Waals surface area contributed by atoms with Gasteiger partial charge in [0.1, 0.15) is 5.82 Å². The van der Waals surface area contributed by atoms with Gasteiger partial charge in [0.05, 0.1) is 0 Å². The normalized spacial score (nSPS) is 10.2. The highest BCUT2D eigenvalue weighted by Crippen LogP contribution is 2.25. The molecule has 0 saturated carbocycles. The first-order valence-corrected chi connectivity index (χ1v) is 6.21. The zero-order valence-electron chi connectivity index (χ0n) is 11.1. The second kappa shape index (κ2) is 5.54. The zero-order valence-corrected chi connectivity index (χ0v) is 11.1. The van der Waals surface area contributed by atoms with Gasteiger partial charge < -0.3 is 10.2 Å². The first-order valence-electron chi connectivity index (χ1n) is 6.21. The fraction of sp³-hybridized carbons (Fsp3) is 0.267. The molecule has 0 aliphatic rings. The minimum absolute atomic E-state index is 0.880. The van der Waals surface area contributed by atoms with Crippen LogP contribution in [0.25, 0.3) is 0 Å². The maximum Gasteiger partial charge on any atom is 0.127 e. The number of aryl methyl sites for hydroxylation is 1. The molecule has 0 bridgehead atoms. The fourth-order valence-corrected chi connectivity index (χ4v) is 1.89. The SMILES string of the molecule is CCNc1cc(N(C)c2cccc(C)c2)ccn1. The molecule has 18 heavy (non-hydrogen) atoms. The lowest BCUT2D eigenvalue weighted by molar-refractivity contribution is 1.14. The number of rotatable bonds is 4. The highest BCUT2D eigenvalue weighted by atomic mass is 15.1. The number of hydrogen-bond donors (Lipinski definition) is 1. The molecule has 0 saturated heterocycles. The van der Waals surface area contributed by atoms with Crippen LogP contribution >= 0.6 is 0 Å². The van der Waals surface area contributed by atoms with Crippen LogP contribution in [0.2, 0.25) is 0 Å². The summed E-state index contributed by atoms with van der Waals surface area (Å²) in [5.74, 6) is 0.912. The molecule has 0 spiro atoms. The lowest BCUT2D eigenvalue weighted by atomic mass is 10.2. The second-order valence-electron chi connectivity index (χ2n) is 4.33. The van der Waals surface area contributed by atoms with Crippen LogP contribution in [0.1, 0.15) is 12.5 Å². The van der Waals surface area contributed by atoms with Gasteiger partial charge in [0.2, 0.25) is 0 Å². The van der Waals surface area contributed by atoms with Crippen molar-refractivity contribution in [2.45, 2.75) is 13.8 Å². The summed E-state index contributed by atoms with van der Waals surface area (Å²) in [4.78, 5) is 6.45. The molecule has 1 aromatic carbocycles. The van der Waals surface area contributed by atoms with Crippen LogP contribution in [0.5, 0.6) is 0 Å². The van der Waals surface area contributed by atoms with Crippen LogP contribution in [0.15, 0.2) is 42.6 Å². The van der Waals surface area contributed by atoms with Crippen molar-refractivity contribution in [3.8, 4) is 0 Å². The van der Waals surface area contributed by atoms with Crippen molar-refractivity contribution in [3.05, 3.63) is 48.2 Å². The Morgan fingerprint density at radius 1 is 1.17 bits per heavy atom. The van der Waals surface area contributed by atoms with Gasteiger partial charge in [0.15, 0.2) is 0 Å². The Hall–Kier alpha value is -2.03. The summed E-state index contributed by atoms with van der Waals surface area (Å²) in [5, 5.41) is 3.23. The summed E-state index contributed by atoms with van der Waals surface area (Å²) >= 11 is 0. The van der Waals surface area contributed by atoms with E-state index in [1.165, 1.54) is 11.3 Å². The van der Waals surface area contributed by atoms with E-state index in [0.717, 1.165) is 18.1 Å².